The summed E-state index contributed by atoms with van der Waals surface area (Å²) in [6.07, 6.45) is 11.2. The second-order valence-corrected chi connectivity index (χ2v) is 7.36. The van der Waals surface area contributed by atoms with E-state index >= 15 is 0 Å². The van der Waals surface area contributed by atoms with E-state index in [2.05, 4.69) is 38.0 Å². The molecule has 1 saturated carbocycles. The van der Waals surface area contributed by atoms with Gasteiger partial charge < -0.3 is 5.32 Å². The first kappa shape index (κ1) is 16.3. The van der Waals surface area contributed by atoms with Gasteiger partial charge in [-0.25, -0.2) is 0 Å². The van der Waals surface area contributed by atoms with Gasteiger partial charge in [-0.15, -0.1) is 0 Å². The van der Waals surface area contributed by atoms with Gasteiger partial charge in [0.25, 0.3) is 0 Å². The lowest BCUT2D eigenvalue weighted by Gasteiger charge is -2.49. The third-order valence-corrected chi connectivity index (χ3v) is 6.47. The highest BCUT2D eigenvalue weighted by Gasteiger charge is 2.42. The molecule has 2 fully saturated rings. The van der Waals surface area contributed by atoms with Crippen LogP contribution in [0.3, 0.4) is 0 Å². The van der Waals surface area contributed by atoms with Crippen molar-refractivity contribution in [2.45, 2.75) is 83.7 Å². The zero-order chi connectivity index (χ0) is 14.6. The van der Waals surface area contributed by atoms with E-state index in [0.29, 0.717) is 11.6 Å². The van der Waals surface area contributed by atoms with Crippen molar-refractivity contribution in [3.05, 3.63) is 0 Å². The summed E-state index contributed by atoms with van der Waals surface area (Å²) in [5.41, 5.74) is 0.356. The zero-order valence-electron chi connectivity index (χ0n) is 14.3. The van der Waals surface area contributed by atoms with E-state index in [1.807, 2.05) is 0 Å². The van der Waals surface area contributed by atoms with E-state index < -0.39 is 0 Å². The van der Waals surface area contributed by atoms with E-state index in [1.165, 1.54) is 64.5 Å². The first-order chi connectivity index (χ1) is 9.65. The molecular formula is C18H36N2. The summed E-state index contributed by atoms with van der Waals surface area (Å²) in [6, 6.07) is 0.670. The third-order valence-electron chi connectivity index (χ3n) is 6.47. The maximum Gasteiger partial charge on any atom is 0.0334 e. The van der Waals surface area contributed by atoms with Crippen LogP contribution in [0.4, 0.5) is 0 Å². The molecule has 0 amide bonds. The van der Waals surface area contributed by atoms with Gasteiger partial charge in [-0.05, 0) is 71.0 Å². The Kier molecular flexibility index (Phi) is 5.92. The second kappa shape index (κ2) is 7.26. The van der Waals surface area contributed by atoms with Crippen molar-refractivity contribution in [2.75, 3.05) is 20.1 Å². The minimum absolute atomic E-state index is 0.356. The van der Waals surface area contributed by atoms with E-state index in [1.54, 1.807) is 0 Å². The molecule has 0 radical (unpaired) electrons. The highest BCUT2D eigenvalue weighted by molar-refractivity contribution is 5.01. The van der Waals surface area contributed by atoms with Gasteiger partial charge >= 0.3 is 0 Å². The van der Waals surface area contributed by atoms with Crippen molar-refractivity contribution in [1.82, 2.24) is 10.2 Å². The Bertz CT molecular complexity index is 277. The van der Waals surface area contributed by atoms with Crippen LogP contribution in [0.1, 0.15) is 72.1 Å². The lowest BCUT2D eigenvalue weighted by atomic mass is 9.71. The van der Waals surface area contributed by atoms with Crippen LogP contribution in [0, 0.1) is 11.8 Å². The van der Waals surface area contributed by atoms with Crippen LogP contribution in [0.15, 0.2) is 0 Å². The molecule has 1 aliphatic carbocycles. The smallest absolute Gasteiger partial charge is 0.0334 e. The molecule has 118 valence electrons. The molecule has 2 heteroatoms. The van der Waals surface area contributed by atoms with Gasteiger partial charge in [-0.2, -0.15) is 0 Å². The Morgan fingerprint density at radius 2 is 1.70 bits per heavy atom. The van der Waals surface area contributed by atoms with E-state index in [9.17, 15) is 0 Å². The molecule has 1 saturated heterocycles. The summed E-state index contributed by atoms with van der Waals surface area (Å²) in [5, 5.41) is 3.73. The molecule has 0 bridgehead atoms. The third kappa shape index (κ3) is 3.22. The van der Waals surface area contributed by atoms with E-state index in [4.69, 9.17) is 0 Å². The predicted octanol–water partition coefficient (Wildman–Crippen LogP) is 4.06. The topological polar surface area (TPSA) is 15.3 Å². The van der Waals surface area contributed by atoms with Crippen LogP contribution < -0.4 is 5.32 Å². The summed E-state index contributed by atoms with van der Waals surface area (Å²) >= 11 is 0. The fourth-order valence-corrected chi connectivity index (χ4v) is 4.85. The summed E-state index contributed by atoms with van der Waals surface area (Å²) in [7, 11) is 2.19. The van der Waals surface area contributed by atoms with E-state index in [0.717, 1.165) is 11.8 Å². The van der Waals surface area contributed by atoms with Crippen LogP contribution >= 0.6 is 0 Å². The minimum atomic E-state index is 0.356. The van der Waals surface area contributed by atoms with Gasteiger partial charge in [-0.3, -0.25) is 4.90 Å². The Hall–Kier alpha value is -0.0800. The molecule has 0 aromatic heterocycles. The summed E-state index contributed by atoms with van der Waals surface area (Å²) in [5.74, 6) is 1.89. The molecule has 0 spiro atoms. The Morgan fingerprint density at radius 3 is 2.15 bits per heavy atom. The van der Waals surface area contributed by atoms with Crippen LogP contribution in [0.2, 0.25) is 0 Å². The minimum Gasteiger partial charge on any atom is -0.315 e. The molecule has 1 heterocycles. The highest BCUT2D eigenvalue weighted by Crippen LogP contribution is 2.39. The Morgan fingerprint density at radius 1 is 1.10 bits per heavy atom. The fraction of sp³-hybridized carbons (Fsp3) is 1.00. The first-order valence-electron chi connectivity index (χ1n) is 9.08. The van der Waals surface area contributed by atoms with Gasteiger partial charge in [0.05, 0.1) is 0 Å². The summed E-state index contributed by atoms with van der Waals surface area (Å²) < 4.78 is 0. The molecule has 20 heavy (non-hydrogen) atoms. The number of rotatable bonds is 6. The molecule has 2 rings (SSSR count). The molecule has 1 aliphatic heterocycles. The highest BCUT2D eigenvalue weighted by atomic mass is 15.2. The molecular weight excluding hydrogens is 244 g/mol. The number of likely N-dealkylation sites (N-methyl/N-ethyl adjacent to an activating group) is 1. The second-order valence-electron chi connectivity index (χ2n) is 7.36. The Balaban J connectivity index is 2.05. The standard InChI is InChI=1S/C18H36N2/c1-5-15-9-11-16(12-10-15)17(19-4)18(3,6-2)20-13-7-8-14-20/h15-17,19H,5-14H2,1-4H3. The van der Waals surface area contributed by atoms with Crippen LogP contribution in [0.5, 0.6) is 0 Å². The van der Waals surface area contributed by atoms with E-state index in [-0.39, 0.29) is 0 Å². The largest absolute Gasteiger partial charge is 0.315 e. The van der Waals surface area contributed by atoms with Gasteiger partial charge in [0.15, 0.2) is 0 Å². The quantitative estimate of drug-likeness (QED) is 0.789. The monoisotopic (exact) mass is 280 g/mol. The van der Waals surface area contributed by atoms with Crippen LogP contribution in [-0.4, -0.2) is 36.6 Å². The van der Waals surface area contributed by atoms with Crippen molar-refractivity contribution in [3.8, 4) is 0 Å². The SMILES string of the molecule is CCC1CCC(C(NC)C(C)(CC)N2CCCC2)CC1. The number of hydrogen-bond acceptors (Lipinski definition) is 2. The van der Waals surface area contributed by atoms with Gasteiger partial charge in [0.2, 0.25) is 0 Å². The van der Waals surface area contributed by atoms with Crippen LogP contribution in [0.25, 0.3) is 0 Å². The van der Waals surface area contributed by atoms with Gasteiger partial charge in [0, 0.05) is 11.6 Å². The average Bonchev–Trinajstić information content (AvgIpc) is 3.03. The maximum atomic E-state index is 3.73. The molecule has 2 atom stereocenters. The molecule has 0 aromatic carbocycles. The number of hydrogen-bond donors (Lipinski definition) is 1. The fourth-order valence-electron chi connectivity index (χ4n) is 4.85. The number of nitrogens with one attached hydrogen (secondary N) is 1. The lowest BCUT2D eigenvalue weighted by molar-refractivity contribution is 0.0455. The molecule has 2 unspecified atom stereocenters. The van der Waals surface area contributed by atoms with Crippen molar-refractivity contribution in [3.63, 3.8) is 0 Å². The maximum absolute atomic E-state index is 3.73. The van der Waals surface area contributed by atoms with Crippen LogP contribution in [-0.2, 0) is 0 Å². The summed E-state index contributed by atoms with van der Waals surface area (Å²) in [4.78, 5) is 2.78. The van der Waals surface area contributed by atoms with Crippen molar-refractivity contribution >= 4 is 0 Å². The van der Waals surface area contributed by atoms with Gasteiger partial charge in [-0.1, -0.05) is 33.1 Å². The van der Waals surface area contributed by atoms with Crippen molar-refractivity contribution in [2.24, 2.45) is 11.8 Å². The number of nitrogens with zero attached hydrogens (tertiary/aromatic N) is 1. The summed E-state index contributed by atoms with van der Waals surface area (Å²) in [6.45, 7) is 9.90. The zero-order valence-corrected chi connectivity index (χ0v) is 14.3. The average molecular weight is 280 g/mol. The normalized spacial score (nSPS) is 33.0. The molecule has 0 aromatic rings. The number of likely N-dealkylation sites (tertiary alicyclic amines) is 1. The lowest BCUT2D eigenvalue weighted by Crippen LogP contribution is -2.61. The molecule has 1 N–H and O–H groups in total. The van der Waals surface area contributed by atoms with Gasteiger partial charge in [0.1, 0.15) is 0 Å². The van der Waals surface area contributed by atoms with Crippen molar-refractivity contribution in [1.29, 1.82) is 0 Å². The molecule has 2 nitrogen and oxygen atoms in total. The molecule has 2 aliphatic rings. The first-order valence-corrected chi connectivity index (χ1v) is 9.08. The predicted molar refractivity (Wildman–Crippen MR) is 88.1 cm³/mol. The Labute approximate surface area is 126 Å². The van der Waals surface area contributed by atoms with Crippen molar-refractivity contribution < 1.29 is 0 Å².